The van der Waals surface area contributed by atoms with Crippen molar-refractivity contribution in [1.29, 1.82) is 0 Å². The Morgan fingerprint density at radius 1 is 1.14 bits per heavy atom. The third-order valence-electron chi connectivity index (χ3n) is 8.92. The highest BCUT2D eigenvalue weighted by Crippen LogP contribution is 2.61. The van der Waals surface area contributed by atoms with Gasteiger partial charge in [0.15, 0.2) is 0 Å². The standard InChI is InChI=1S/C27H31F3N4O2/c1-15(18-3-2-4-19(24(18)28)25(29)30)31-26(36)20-13-34(27-10-16(11-27)12-27)23(35)9-21(20)32-22-14-33-7-5-17(22)6-8-33/h2-4,9,13,15-17,22,25,32H,5-8,10-12,14H2,1H3,(H,31,36)/t15?,16?,22-,27?/m0/s1. The van der Waals surface area contributed by atoms with Crippen LogP contribution in [0, 0.1) is 17.7 Å². The van der Waals surface area contributed by atoms with Crippen molar-refractivity contribution in [2.24, 2.45) is 11.8 Å². The van der Waals surface area contributed by atoms with Crippen LogP contribution < -0.4 is 16.2 Å². The Morgan fingerprint density at radius 3 is 2.42 bits per heavy atom. The number of hydrogen-bond donors (Lipinski definition) is 2. The number of fused-ring (bicyclic) bond motifs is 3. The van der Waals surface area contributed by atoms with Crippen molar-refractivity contribution in [2.75, 3.05) is 25.0 Å². The molecule has 3 aliphatic heterocycles. The summed E-state index contributed by atoms with van der Waals surface area (Å²) in [5, 5.41) is 6.28. The fourth-order valence-corrected chi connectivity index (χ4v) is 6.68. The molecule has 1 aromatic heterocycles. The van der Waals surface area contributed by atoms with Gasteiger partial charge in [0.1, 0.15) is 5.82 Å². The zero-order chi connectivity index (χ0) is 25.2. The molecule has 192 valence electrons. The molecule has 1 amide bonds. The van der Waals surface area contributed by atoms with Gasteiger partial charge in [-0.15, -0.1) is 0 Å². The van der Waals surface area contributed by atoms with E-state index < -0.39 is 29.8 Å². The Hall–Kier alpha value is -2.81. The van der Waals surface area contributed by atoms with Crippen molar-refractivity contribution in [3.8, 4) is 0 Å². The smallest absolute Gasteiger partial charge is 0.266 e. The molecular weight excluding hydrogens is 469 g/mol. The lowest BCUT2D eigenvalue weighted by Gasteiger charge is -2.62. The van der Waals surface area contributed by atoms with E-state index in [0.717, 1.165) is 57.8 Å². The van der Waals surface area contributed by atoms with E-state index in [0.29, 0.717) is 23.1 Å². The second-order valence-electron chi connectivity index (χ2n) is 11.1. The zero-order valence-electron chi connectivity index (χ0n) is 20.3. The van der Waals surface area contributed by atoms with Crippen molar-refractivity contribution in [2.45, 2.75) is 63.1 Å². The number of anilines is 1. The number of aromatic nitrogens is 1. The average molecular weight is 501 g/mol. The maximum Gasteiger partial charge on any atom is 0.266 e. The first-order valence-electron chi connectivity index (χ1n) is 12.9. The molecule has 3 saturated carbocycles. The van der Waals surface area contributed by atoms with Crippen LogP contribution in [0.3, 0.4) is 0 Å². The topological polar surface area (TPSA) is 66.4 Å². The minimum absolute atomic E-state index is 0.000734. The second-order valence-corrected chi connectivity index (χ2v) is 11.1. The number of alkyl halides is 2. The van der Waals surface area contributed by atoms with Crippen molar-refractivity contribution in [1.82, 2.24) is 14.8 Å². The van der Waals surface area contributed by atoms with E-state index in [-0.39, 0.29) is 22.7 Å². The average Bonchev–Trinajstić information content (AvgIpc) is 2.79. The Labute approximate surface area is 207 Å². The minimum atomic E-state index is -2.94. The van der Waals surface area contributed by atoms with Gasteiger partial charge in [-0.2, -0.15) is 0 Å². The monoisotopic (exact) mass is 500 g/mol. The molecular formula is C27H31F3N4O2. The van der Waals surface area contributed by atoms with Crippen molar-refractivity contribution in [3.05, 3.63) is 63.3 Å². The molecule has 3 saturated heterocycles. The van der Waals surface area contributed by atoms with Gasteiger partial charge in [0, 0.05) is 36.0 Å². The van der Waals surface area contributed by atoms with E-state index in [1.165, 1.54) is 18.2 Å². The SMILES string of the molecule is CC(NC(=O)c1cn(C23CC(C2)C3)c(=O)cc1N[C@H]1CN2CCC1CC2)c1cccc(C(F)F)c1F. The van der Waals surface area contributed by atoms with Crippen LogP contribution in [0.1, 0.15) is 73.0 Å². The van der Waals surface area contributed by atoms with Gasteiger partial charge in [0.25, 0.3) is 17.9 Å². The summed E-state index contributed by atoms with van der Waals surface area (Å²) >= 11 is 0. The van der Waals surface area contributed by atoms with Gasteiger partial charge in [-0.25, -0.2) is 13.2 Å². The largest absolute Gasteiger partial charge is 0.380 e. The van der Waals surface area contributed by atoms with Crippen LogP contribution in [0.5, 0.6) is 0 Å². The summed E-state index contributed by atoms with van der Waals surface area (Å²) in [7, 11) is 0. The van der Waals surface area contributed by atoms with Crippen molar-refractivity contribution >= 4 is 11.6 Å². The molecule has 2 N–H and O–H groups in total. The predicted octanol–water partition coefficient (Wildman–Crippen LogP) is 4.43. The summed E-state index contributed by atoms with van der Waals surface area (Å²) in [6.45, 7) is 4.58. The molecule has 1 aromatic carbocycles. The summed E-state index contributed by atoms with van der Waals surface area (Å²) in [6, 6.07) is 4.65. The fourth-order valence-electron chi connectivity index (χ4n) is 6.68. The number of nitrogens with zero attached hydrogens (tertiary/aromatic N) is 2. The Kier molecular flexibility index (Phi) is 5.66. The minimum Gasteiger partial charge on any atom is -0.380 e. The fraction of sp³-hybridized carbons (Fsp3) is 0.556. The molecule has 4 heterocycles. The van der Waals surface area contributed by atoms with Crippen LogP contribution in [0.25, 0.3) is 0 Å². The lowest BCUT2D eigenvalue weighted by molar-refractivity contribution is -0.0914. The van der Waals surface area contributed by atoms with E-state index in [1.807, 2.05) is 0 Å². The summed E-state index contributed by atoms with van der Waals surface area (Å²) in [4.78, 5) is 29.1. The van der Waals surface area contributed by atoms with E-state index in [4.69, 9.17) is 0 Å². The van der Waals surface area contributed by atoms with Crippen molar-refractivity contribution in [3.63, 3.8) is 0 Å². The van der Waals surface area contributed by atoms with Gasteiger partial charge in [-0.1, -0.05) is 18.2 Å². The lowest BCUT2D eigenvalue weighted by Crippen LogP contribution is -2.62. The summed E-state index contributed by atoms with van der Waals surface area (Å²) < 4.78 is 42.8. The van der Waals surface area contributed by atoms with Gasteiger partial charge in [0.2, 0.25) is 0 Å². The van der Waals surface area contributed by atoms with Crippen LogP contribution in [0.15, 0.2) is 35.3 Å². The number of benzene rings is 1. The van der Waals surface area contributed by atoms with E-state index in [1.54, 1.807) is 17.7 Å². The number of pyridine rings is 1. The Bertz CT molecular complexity index is 1240. The third-order valence-corrected chi connectivity index (χ3v) is 8.92. The number of carbonyl (C=O) groups is 1. The first-order valence-corrected chi connectivity index (χ1v) is 12.9. The molecule has 6 fully saturated rings. The maximum absolute atomic E-state index is 14.7. The molecule has 0 radical (unpaired) electrons. The summed E-state index contributed by atoms with van der Waals surface area (Å²) in [6.07, 6.45) is 3.71. The molecule has 8 rings (SSSR count). The van der Waals surface area contributed by atoms with Crippen LogP contribution in [-0.2, 0) is 5.54 Å². The van der Waals surface area contributed by atoms with E-state index >= 15 is 0 Å². The first-order chi connectivity index (χ1) is 17.2. The highest BCUT2D eigenvalue weighted by Gasteiger charge is 2.58. The molecule has 1 unspecified atom stereocenters. The first kappa shape index (κ1) is 23.6. The highest BCUT2D eigenvalue weighted by molar-refractivity contribution is 5.99. The van der Waals surface area contributed by atoms with Crippen LogP contribution in [0.2, 0.25) is 0 Å². The molecule has 6 aliphatic rings. The molecule has 36 heavy (non-hydrogen) atoms. The number of carbonyl (C=O) groups excluding carboxylic acids is 1. The molecule has 3 aliphatic carbocycles. The van der Waals surface area contributed by atoms with E-state index in [9.17, 15) is 22.8 Å². The van der Waals surface area contributed by atoms with Gasteiger partial charge in [-0.05, 0) is 64.0 Å². The molecule has 0 spiro atoms. The summed E-state index contributed by atoms with van der Waals surface area (Å²) in [5.41, 5.74) is -0.205. The predicted molar refractivity (Wildman–Crippen MR) is 130 cm³/mol. The quantitative estimate of drug-likeness (QED) is 0.590. The summed E-state index contributed by atoms with van der Waals surface area (Å²) in [5.74, 6) is -0.335. The van der Waals surface area contributed by atoms with Gasteiger partial charge >= 0.3 is 0 Å². The van der Waals surface area contributed by atoms with Crippen LogP contribution >= 0.6 is 0 Å². The van der Waals surface area contributed by atoms with Gasteiger partial charge in [0.05, 0.1) is 22.9 Å². The normalized spacial score (nSPS) is 30.9. The number of halogens is 3. The number of nitrogens with one attached hydrogen (secondary N) is 2. The number of hydrogen-bond acceptors (Lipinski definition) is 4. The zero-order valence-corrected chi connectivity index (χ0v) is 20.3. The van der Waals surface area contributed by atoms with Crippen molar-refractivity contribution < 1.29 is 18.0 Å². The Morgan fingerprint density at radius 2 is 1.83 bits per heavy atom. The van der Waals surface area contributed by atoms with Gasteiger partial charge < -0.3 is 20.1 Å². The third kappa shape index (κ3) is 3.83. The number of amides is 1. The molecule has 4 bridgehead atoms. The van der Waals surface area contributed by atoms with Crippen LogP contribution in [-0.4, -0.2) is 41.1 Å². The maximum atomic E-state index is 14.7. The van der Waals surface area contributed by atoms with Crippen LogP contribution in [0.4, 0.5) is 18.9 Å². The lowest BCUT2D eigenvalue weighted by atomic mass is 9.49. The highest BCUT2D eigenvalue weighted by atomic mass is 19.3. The molecule has 2 atom stereocenters. The Balaban J connectivity index is 1.31. The second kappa shape index (κ2) is 8.64. The van der Waals surface area contributed by atoms with E-state index in [2.05, 4.69) is 15.5 Å². The number of piperidine rings is 3. The molecule has 9 heteroatoms. The number of rotatable bonds is 7. The molecule has 6 nitrogen and oxygen atoms in total. The van der Waals surface area contributed by atoms with Gasteiger partial charge in [-0.3, -0.25) is 9.59 Å². The molecule has 2 aromatic rings.